The first-order valence-corrected chi connectivity index (χ1v) is 8.28. The summed E-state index contributed by atoms with van der Waals surface area (Å²) in [5, 5.41) is 1.08. The number of aromatic amines is 1. The van der Waals surface area contributed by atoms with E-state index in [0.717, 1.165) is 33.5 Å². The van der Waals surface area contributed by atoms with Crippen LogP contribution in [0.2, 0.25) is 0 Å². The Morgan fingerprint density at radius 2 is 1.92 bits per heavy atom. The molecule has 0 bridgehead atoms. The predicted octanol–water partition coefficient (Wildman–Crippen LogP) is 4.13. The second-order valence-electron chi connectivity index (χ2n) is 6.06. The average Bonchev–Trinajstić information content (AvgIpc) is 3.27. The number of carbonyl (C=O) groups is 1. The summed E-state index contributed by atoms with van der Waals surface area (Å²) in [4.78, 5) is 14.8. The number of primary amides is 1. The molecule has 0 radical (unpaired) electrons. The summed E-state index contributed by atoms with van der Waals surface area (Å²) in [6.45, 7) is 0. The number of H-pyrrole nitrogens is 1. The average molecular weight is 346 g/mol. The van der Waals surface area contributed by atoms with Crippen molar-refractivity contribution in [2.24, 2.45) is 5.73 Å². The zero-order valence-corrected chi connectivity index (χ0v) is 14.3. The van der Waals surface area contributed by atoms with E-state index in [1.54, 1.807) is 19.2 Å². The van der Waals surface area contributed by atoms with Gasteiger partial charge < -0.3 is 19.9 Å². The monoisotopic (exact) mass is 346 g/mol. The Bertz CT molecular complexity index is 1080. The first-order chi connectivity index (χ1) is 12.7. The minimum absolute atomic E-state index is 0.169. The minimum Gasteiger partial charge on any atom is -0.497 e. The van der Waals surface area contributed by atoms with Crippen LogP contribution in [0.4, 0.5) is 0 Å². The molecule has 1 amide bonds. The molecule has 5 nitrogen and oxygen atoms in total. The number of furan rings is 1. The van der Waals surface area contributed by atoms with Crippen LogP contribution in [0.25, 0.3) is 22.2 Å². The van der Waals surface area contributed by atoms with Gasteiger partial charge in [-0.25, -0.2) is 0 Å². The Kier molecular flexibility index (Phi) is 3.97. The van der Waals surface area contributed by atoms with Crippen molar-refractivity contribution in [1.29, 1.82) is 0 Å². The van der Waals surface area contributed by atoms with E-state index in [2.05, 4.69) is 17.1 Å². The van der Waals surface area contributed by atoms with E-state index in [4.69, 9.17) is 14.9 Å². The van der Waals surface area contributed by atoms with Gasteiger partial charge in [-0.2, -0.15) is 0 Å². The SMILES string of the molecule is COc1ccc2c(Cc3ccc(C(N)=O)o3)c(-c3ccccc3)[nH]c2c1. The Hall–Kier alpha value is -3.47. The van der Waals surface area contributed by atoms with E-state index in [9.17, 15) is 4.79 Å². The van der Waals surface area contributed by atoms with Gasteiger partial charge in [0.2, 0.25) is 0 Å². The Labute approximate surface area is 150 Å². The van der Waals surface area contributed by atoms with Crippen LogP contribution in [0.3, 0.4) is 0 Å². The van der Waals surface area contributed by atoms with Gasteiger partial charge in [0.25, 0.3) is 5.91 Å². The highest BCUT2D eigenvalue weighted by molar-refractivity contribution is 5.92. The maximum absolute atomic E-state index is 11.3. The van der Waals surface area contributed by atoms with Crippen LogP contribution < -0.4 is 10.5 Å². The fourth-order valence-corrected chi connectivity index (χ4v) is 3.18. The summed E-state index contributed by atoms with van der Waals surface area (Å²) < 4.78 is 10.9. The Balaban J connectivity index is 1.85. The molecule has 0 saturated heterocycles. The maximum Gasteiger partial charge on any atom is 0.284 e. The van der Waals surface area contributed by atoms with Gasteiger partial charge in [-0.15, -0.1) is 0 Å². The lowest BCUT2D eigenvalue weighted by Gasteiger charge is -2.04. The first kappa shape index (κ1) is 16.0. The molecule has 2 aromatic carbocycles. The molecule has 0 aliphatic carbocycles. The highest BCUT2D eigenvalue weighted by Crippen LogP contribution is 2.34. The van der Waals surface area contributed by atoms with Gasteiger partial charge in [0.1, 0.15) is 11.5 Å². The molecule has 0 atom stereocenters. The number of aromatic nitrogens is 1. The highest BCUT2D eigenvalue weighted by Gasteiger charge is 2.16. The van der Waals surface area contributed by atoms with Crippen molar-refractivity contribution in [3.63, 3.8) is 0 Å². The number of fused-ring (bicyclic) bond motifs is 1. The van der Waals surface area contributed by atoms with E-state index in [0.29, 0.717) is 12.2 Å². The van der Waals surface area contributed by atoms with Gasteiger partial charge in [-0.3, -0.25) is 4.79 Å². The van der Waals surface area contributed by atoms with Crippen LogP contribution in [0.15, 0.2) is 65.1 Å². The molecule has 26 heavy (non-hydrogen) atoms. The molecular formula is C21H18N2O3. The second-order valence-corrected chi connectivity index (χ2v) is 6.06. The summed E-state index contributed by atoms with van der Waals surface area (Å²) in [7, 11) is 1.65. The Morgan fingerprint density at radius 3 is 2.62 bits per heavy atom. The smallest absolute Gasteiger partial charge is 0.284 e. The van der Waals surface area contributed by atoms with Crippen molar-refractivity contribution in [3.8, 4) is 17.0 Å². The standard InChI is InChI=1S/C21H18N2O3/c1-25-14-7-9-16-17(11-15-8-10-19(26-15)21(22)24)20(23-18(16)12-14)13-5-3-2-4-6-13/h2-10,12,23H,11H2,1H3,(H2,22,24). The molecule has 0 aliphatic rings. The van der Waals surface area contributed by atoms with Crippen molar-refractivity contribution >= 4 is 16.8 Å². The number of amides is 1. The van der Waals surface area contributed by atoms with Crippen LogP contribution in [0, 0.1) is 0 Å². The van der Waals surface area contributed by atoms with Gasteiger partial charge in [0.15, 0.2) is 5.76 Å². The van der Waals surface area contributed by atoms with E-state index >= 15 is 0 Å². The lowest BCUT2D eigenvalue weighted by atomic mass is 10.0. The van der Waals surface area contributed by atoms with Gasteiger partial charge >= 0.3 is 0 Å². The fraction of sp³-hybridized carbons (Fsp3) is 0.0952. The van der Waals surface area contributed by atoms with Crippen molar-refractivity contribution in [1.82, 2.24) is 4.98 Å². The molecule has 0 fully saturated rings. The summed E-state index contributed by atoms with van der Waals surface area (Å²) in [5.74, 6) is 1.08. The Morgan fingerprint density at radius 1 is 1.12 bits per heavy atom. The predicted molar refractivity (Wildman–Crippen MR) is 100 cm³/mol. The van der Waals surface area contributed by atoms with Crippen molar-refractivity contribution in [2.45, 2.75) is 6.42 Å². The molecular weight excluding hydrogens is 328 g/mol. The van der Waals surface area contributed by atoms with Crippen molar-refractivity contribution in [3.05, 3.63) is 77.7 Å². The number of hydrogen-bond donors (Lipinski definition) is 2. The molecule has 3 N–H and O–H groups in total. The molecule has 0 unspecified atom stereocenters. The third kappa shape index (κ3) is 2.84. The van der Waals surface area contributed by atoms with E-state index < -0.39 is 5.91 Å². The molecule has 4 aromatic rings. The third-order valence-electron chi connectivity index (χ3n) is 4.43. The number of ether oxygens (including phenoxy) is 1. The van der Waals surface area contributed by atoms with Crippen molar-refractivity contribution in [2.75, 3.05) is 7.11 Å². The normalized spacial score (nSPS) is 11.0. The molecule has 0 saturated carbocycles. The van der Waals surface area contributed by atoms with Crippen LogP contribution in [0.5, 0.6) is 5.75 Å². The van der Waals surface area contributed by atoms with Crippen LogP contribution in [-0.4, -0.2) is 18.0 Å². The van der Waals surface area contributed by atoms with Gasteiger partial charge in [0.05, 0.1) is 12.8 Å². The van der Waals surface area contributed by atoms with Gasteiger partial charge in [-0.05, 0) is 35.4 Å². The summed E-state index contributed by atoms with van der Waals surface area (Å²) in [6, 6.07) is 19.4. The van der Waals surface area contributed by atoms with Crippen molar-refractivity contribution < 1.29 is 13.9 Å². The quantitative estimate of drug-likeness (QED) is 0.570. The van der Waals surface area contributed by atoms with Gasteiger partial charge in [-0.1, -0.05) is 30.3 Å². The molecule has 2 heterocycles. The topological polar surface area (TPSA) is 81.2 Å². The molecule has 4 rings (SSSR count). The summed E-state index contributed by atoms with van der Waals surface area (Å²) in [6.07, 6.45) is 0.545. The number of nitrogens with one attached hydrogen (secondary N) is 1. The number of rotatable bonds is 5. The van der Waals surface area contributed by atoms with E-state index in [1.807, 2.05) is 36.4 Å². The van der Waals surface area contributed by atoms with Crippen LogP contribution in [0.1, 0.15) is 21.9 Å². The largest absolute Gasteiger partial charge is 0.497 e. The first-order valence-electron chi connectivity index (χ1n) is 8.28. The number of carbonyl (C=O) groups excluding carboxylic acids is 1. The second kappa shape index (κ2) is 6.44. The lowest BCUT2D eigenvalue weighted by molar-refractivity contribution is 0.0972. The minimum atomic E-state index is -0.566. The van der Waals surface area contributed by atoms with E-state index in [1.165, 1.54) is 0 Å². The van der Waals surface area contributed by atoms with Crippen LogP contribution in [-0.2, 0) is 6.42 Å². The lowest BCUT2D eigenvalue weighted by Crippen LogP contribution is -2.09. The highest BCUT2D eigenvalue weighted by atomic mass is 16.5. The zero-order valence-electron chi connectivity index (χ0n) is 14.3. The number of hydrogen-bond acceptors (Lipinski definition) is 3. The summed E-state index contributed by atoms with van der Waals surface area (Å²) in [5.41, 5.74) is 9.48. The summed E-state index contributed by atoms with van der Waals surface area (Å²) >= 11 is 0. The molecule has 130 valence electrons. The molecule has 0 aliphatic heterocycles. The van der Waals surface area contributed by atoms with Crippen LogP contribution >= 0.6 is 0 Å². The van der Waals surface area contributed by atoms with Gasteiger partial charge in [0, 0.05) is 23.4 Å². The fourth-order valence-electron chi connectivity index (χ4n) is 3.18. The maximum atomic E-state index is 11.3. The number of nitrogens with two attached hydrogens (primary N) is 1. The molecule has 5 heteroatoms. The third-order valence-corrected chi connectivity index (χ3v) is 4.43. The number of methoxy groups -OCH3 is 1. The number of benzene rings is 2. The molecule has 2 aromatic heterocycles. The van der Waals surface area contributed by atoms with E-state index in [-0.39, 0.29) is 5.76 Å². The zero-order chi connectivity index (χ0) is 18.1. The molecule has 0 spiro atoms.